The van der Waals surface area contributed by atoms with Gasteiger partial charge in [0.2, 0.25) is 5.91 Å². The summed E-state index contributed by atoms with van der Waals surface area (Å²) in [6.07, 6.45) is 5.72. The van der Waals surface area contributed by atoms with Gasteiger partial charge in [-0.1, -0.05) is 17.7 Å². The van der Waals surface area contributed by atoms with Gasteiger partial charge in [0, 0.05) is 61.4 Å². The van der Waals surface area contributed by atoms with Crippen LogP contribution in [0.25, 0.3) is 0 Å². The zero-order valence-corrected chi connectivity index (χ0v) is 22.9. The molecule has 2 fully saturated rings. The van der Waals surface area contributed by atoms with Gasteiger partial charge in [0.1, 0.15) is 0 Å². The van der Waals surface area contributed by atoms with Crippen LogP contribution >= 0.6 is 27.5 Å². The molecular weight excluding hydrogens is 544 g/mol. The molecule has 2 amide bonds. The summed E-state index contributed by atoms with van der Waals surface area (Å²) in [5.41, 5.74) is 4.92. The van der Waals surface area contributed by atoms with Crippen LogP contribution in [-0.4, -0.2) is 78.1 Å². The lowest BCUT2D eigenvalue weighted by molar-refractivity contribution is -0.134. The Morgan fingerprint density at radius 2 is 1.75 bits per heavy atom. The lowest BCUT2D eigenvalue weighted by Gasteiger charge is -2.40. The van der Waals surface area contributed by atoms with Gasteiger partial charge in [-0.2, -0.15) is 0 Å². The van der Waals surface area contributed by atoms with Crippen LogP contribution in [-0.2, 0) is 22.4 Å². The molecule has 1 aromatic carbocycles. The summed E-state index contributed by atoms with van der Waals surface area (Å²) in [6.45, 7) is 4.35. The van der Waals surface area contributed by atoms with E-state index in [4.69, 9.17) is 21.3 Å². The number of piperidine rings is 1. The summed E-state index contributed by atoms with van der Waals surface area (Å²) in [7, 11) is 1.41. The molecule has 1 aromatic heterocycles. The molecule has 1 atom stereocenters. The van der Waals surface area contributed by atoms with E-state index in [2.05, 4.69) is 39.0 Å². The van der Waals surface area contributed by atoms with Crippen molar-refractivity contribution in [3.05, 3.63) is 62.3 Å². The fraction of sp³-hybridized carbons (Fsp3) is 0.519. The van der Waals surface area contributed by atoms with Gasteiger partial charge in [0.25, 0.3) is 0 Å². The third-order valence-corrected chi connectivity index (χ3v) is 8.50. The van der Waals surface area contributed by atoms with Crippen molar-refractivity contribution in [3.8, 4) is 0 Å². The number of amides is 2. The molecule has 1 aliphatic carbocycles. The zero-order chi connectivity index (χ0) is 25.2. The number of aromatic nitrogens is 1. The zero-order valence-electron chi connectivity index (χ0n) is 20.6. The normalized spacial score (nSPS) is 20.9. The molecule has 9 heteroatoms. The second-order valence-electron chi connectivity index (χ2n) is 9.96. The van der Waals surface area contributed by atoms with Crippen molar-refractivity contribution in [2.75, 3.05) is 46.4 Å². The molecule has 36 heavy (non-hydrogen) atoms. The highest BCUT2D eigenvalue weighted by Crippen LogP contribution is 2.38. The minimum atomic E-state index is -0.276. The Hall–Kier alpha value is -2.16. The van der Waals surface area contributed by atoms with Gasteiger partial charge in [-0.05, 0) is 82.4 Å². The van der Waals surface area contributed by atoms with E-state index in [0.717, 1.165) is 54.0 Å². The third kappa shape index (κ3) is 5.41. The third-order valence-electron chi connectivity index (χ3n) is 7.83. The van der Waals surface area contributed by atoms with Gasteiger partial charge < -0.3 is 14.5 Å². The molecule has 0 bridgehead atoms. The molecule has 2 aromatic rings. The number of carbonyl (C=O) groups excluding carboxylic acids is 2. The van der Waals surface area contributed by atoms with Crippen molar-refractivity contribution in [2.24, 2.45) is 5.92 Å². The van der Waals surface area contributed by atoms with Crippen molar-refractivity contribution < 1.29 is 14.3 Å². The Kier molecular flexibility index (Phi) is 7.84. The first-order valence-corrected chi connectivity index (χ1v) is 13.9. The van der Waals surface area contributed by atoms with Crippen LogP contribution < -0.4 is 0 Å². The second-order valence-corrected chi connectivity index (χ2v) is 11.3. The Balaban J connectivity index is 1.25. The monoisotopic (exact) mass is 574 g/mol. The molecule has 3 aliphatic rings. The van der Waals surface area contributed by atoms with Crippen LogP contribution in [0, 0.1) is 5.92 Å². The highest BCUT2D eigenvalue weighted by atomic mass is 79.9. The topological polar surface area (TPSA) is 66.0 Å². The minimum Gasteiger partial charge on any atom is -0.453 e. The number of benzene rings is 1. The van der Waals surface area contributed by atoms with Crippen molar-refractivity contribution in [3.63, 3.8) is 0 Å². The molecule has 7 nitrogen and oxygen atoms in total. The fourth-order valence-electron chi connectivity index (χ4n) is 5.84. The average Bonchev–Trinajstić information content (AvgIpc) is 3.05. The van der Waals surface area contributed by atoms with Gasteiger partial charge in [-0.15, -0.1) is 0 Å². The quantitative estimate of drug-likeness (QED) is 0.531. The Morgan fingerprint density at radius 3 is 2.47 bits per heavy atom. The summed E-state index contributed by atoms with van der Waals surface area (Å²) in [4.78, 5) is 35.9. The largest absolute Gasteiger partial charge is 0.453 e. The number of hydrogen-bond donors (Lipinski definition) is 0. The Labute approximate surface area is 225 Å². The summed E-state index contributed by atoms with van der Waals surface area (Å²) >= 11 is 9.95. The first-order valence-electron chi connectivity index (χ1n) is 12.7. The number of hydrogen-bond acceptors (Lipinski definition) is 5. The molecule has 192 valence electrons. The molecule has 5 rings (SSSR count). The van der Waals surface area contributed by atoms with E-state index in [9.17, 15) is 9.59 Å². The number of rotatable bonds is 3. The number of likely N-dealkylation sites (tertiary alicyclic amines) is 1. The number of methoxy groups -OCH3 is 1. The number of nitrogens with zero attached hydrogens (tertiary/aromatic N) is 4. The van der Waals surface area contributed by atoms with Crippen molar-refractivity contribution in [2.45, 2.75) is 38.1 Å². The SMILES string of the molecule is COC(=O)N1CCC(CC(=O)N2CCN(C3c4ccc(Cl)cc4CCc4cc(Br)cnc43)CC2)CC1. The van der Waals surface area contributed by atoms with Crippen LogP contribution in [0.4, 0.5) is 4.79 Å². The number of piperazine rings is 1. The number of halogens is 2. The summed E-state index contributed by atoms with van der Waals surface area (Å²) < 4.78 is 5.82. The number of fused-ring (bicyclic) bond motifs is 2. The van der Waals surface area contributed by atoms with Gasteiger partial charge in [0.15, 0.2) is 0 Å². The van der Waals surface area contributed by atoms with E-state index >= 15 is 0 Å². The highest BCUT2D eigenvalue weighted by molar-refractivity contribution is 9.10. The standard InChI is InChI=1S/C27H32BrClN4O3/c1-36-27(35)33-8-6-18(7-9-33)14-24(34)31-10-12-32(13-11-31)26-23-5-4-22(29)16-19(23)2-3-20-15-21(28)17-30-25(20)26/h4-5,15-18,26H,2-3,6-14H2,1H3. The number of pyridine rings is 1. The number of carbonyl (C=O) groups is 2. The highest BCUT2D eigenvalue weighted by Gasteiger charge is 2.34. The fourth-order valence-corrected chi connectivity index (χ4v) is 6.41. The van der Waals surface area contributed by atoms with Crippen LogP contribution in [0.1, 0.15) is 47.7 Å². The molecule has 0 N–H and O–H groups in total. The lowest BCUT2D eigenvalue weighted by atomic mass is 9.93. The van der Waals surface area contributed by atoms with E-state index in [1.54, 1.807) is 4.90 Å². The molecule has 3 heterocycles. The first kappa shape index (κ1) is 25.5. The Morgan fingerprint density at radius 1 is 1.03 bits per heavy atom. The average molecular weight is 576 g/mol. The molecule has 0 radical (unpaired) electrons. The van der Waals surface area contributed by atoms with Gasteiger partial charge in [-0.25, -0.2) is 4.79 Å². The maximum atomic E-state index is 13.1. The Bertz CT molecular complexity index is 1080. The van der Waals surface area contributed by atoms with Gasteiger partial charge in [-0.3, -0.25) is 14.7 Å². The smallest absolute Gasteiger partial charge is 0.409 e. The van der Waals surface area contributed by atoms with Crippen LogP contribution in [0.5, 0.6) is 0 Å². The molecule has 2 saturated heterocycles. The molecule has 0 spiro atoms. The molecule has 0 saturated carbocycles. The molecule has 1 unspecified atom stereocenters. The van der Waals surface area contributed by atoms with E-state index in [-0.39, 0.29) is 18.0 Å². The maximum Gasteiger partial charge on any atom is 0.409 e. The van der Waals surface area contributed by atoms with Gasteiger partial charge >= 0.3 is 6.09 Å². The van der Waals surface area contributed by atoms with E-state index in [1.165, 1.54) is 23.8 Å². The number of ether oxygens (including phenoxy) is 1. The summed E-state index contributed by atoms with van der Waals surface area (Å²) in [5, 5.41) is 0.764. The van der Waals surface area contributed by atoms with Crippen LogP contribution in [0.3, 0.4) is 0 Å². The van der Waals surface area contributed by atoms with Crippen molar-refractivity contribution in [1.82, 2.24) is 19.7 Å². The van der Waals surface area contributed by atoms with E-state index in [0.29, 0.717) is 38.5 Å². The summed E-state index contributed by atoms with van der Waals surface area (Å²) in [6, 6.07) is 8.47. The van der Waals surface area contributed by atoms with Crippen LogP contribution in [0.2, 0.25) is 5.02 Å². The summed E-state index contributed by atoms with van der Waals surface area (Å²) in [5.74, 6) is 0.547. The first-order chi connectivity index (χ1) is 17.4. The molecular formula is C27H32BrClN4O3. The van der Waals surface area contributed by atoms with Crippen molar-refractivity contribution >= 4 is 39.5 Å². The van der Waals surface area contributed by atoms with E-state index < -0.39 is 0 Å². The predicted molar refractivity (Wildman–Crippen MR) is 142 cm³/mol. The lowest BCUT2D eigenvalue weighted by Crippen LogP contribution is -2.50. The van der Waals surface area contributed by atoms with Gasteiger partial charge in [0.05, 0.1) is 18.8 Å². The minimum absolute atomic E-state index is 0.0581. The van der Waals surface area contributed by atoms with Crippen LogP contribution in [0.15, 0.2) is 34.9 Å². The van der Waals surface area contributed by atoms with Crippen molar-refractivity contribution in [1.29, 1.82) is 0 Å². The molecule has 2 aliphatic heterocycles. The second kappa shape index (κ2) is 11.1. The van der Waals surface area contributed by atoms with E-state index in [1.807, 2.05) is 17.2 Å². The predicted octanol–water partition coefficient (Wildman–Crippen LogP) is 4.70. The maximum absolute atomic E-state index is 13.1. The number of aryl methyl sites for hydroxylation is 2.